The van der Waals surface area contributed by atoms with Crippen molar-refractivity contribution < 1.29 is 9.90 Å². The Bertz CT molecular complexity index is 622. The highest BCUT2D eigenvalue weighted by molar-refractivity contribution is 5.69. The fourth-order valence-electron chi connectivity index (χ4n) is 2.58. The van der Waals surface area contributed by atoms with Crippen LogP contribution in [0.1, 0.15) is 0 Å². The zero-order chi connectivity index (χ0) is 15.4. The van der Waals surface area contributed by atoms with Crippen LogP contribution in [0.2, 0.25) is 0 Å². The van der Waals surface area contributed by atoms with E-state index in [1.165, 1.54) is 0 Å². The van der Waals surface area contributed by atoms with E-state index in [2.05, 4.69) is 15.1 Å². The first-order valence-electron chi connectivity index (χ1n) is 7.30. The summed E-state index contributed by atoms with van der Waals surface area (Å²) in [6, 6.07) is 13.9. The van der Waals surface area contributed by atoms with Crippen molar-refractivity contribution in [3.8, 4) is 11.3 Å². The van der Waals surface area contributed by atoms with Crippen molar-refractivity contribution in [2.45, 2.75) is 0 Å². The second-order valence-electron chi connectivity index (χ2n) is 5.30. The number of hydrogen-bond acceptors (Lipinski definition) is 5. The minimum Gasteiger partial charge on any atom is -0.480 e. The van der Waals surface area contributed by atoms with Crippen LogP contribution in [0.3, 0.4) is 0 Å². The van der Waals surface area contributed by atoms with Gasteiger partial charge in [0.15, 0.2) is 5.82 Å². The summed E-state index contributed by atoms with van der Waals surface area (Å²) in [5.74, 6) is 0.0649. The SMILES string of the molecule is O=C(O)CN1CCN(c2ccc(-c3ccccc3)nn2)CC1. The lowest BCUT2D eigenvalue weighted by Gasteiger charge is -2.34. The van der Waals surface area contributed by atoms with Crippen LogP contribution < -0.4 is 4.90 Å². The molecule has 2 heterocycles. The Labute approximate surface area is 129 Å². The van der Waals surface area contributed by atoms with E-state index in [9.17, 15) is 4.79 Å². The van der Waals surface area contributed by atoms with Gasteiger partial charge in [0.25, 0.3) is 0 Å². The highest BCUT2D eigenvalue weighted by atomic mass is 16.4. The number of piperazine rings is 1. The number of hydrogen-bond donors (Lipinski definition) is 1. The maximum absolute atomic E-state index is 10.7. The molecule has 0 unspecified atom stereocenters. The third-order valence-corrected chi connectivity index (χ3v) is 3.78. The molecule has 1 fully saturated rings. The molecule has 0 aliphatic carbocycles. The van der Waals surface area contributed by atoms with Crippen molar-refractivity contribution in [1.29, 1.82) is 0 Å². The van der Waals surface area contributed by atoms with E-state index in [0.717, 1.165) is 43.3 Å². The summed E-state index contributed by atoms with van der Waals surface area (Å²) >= 11 is 0. The van der Waals surface area contributed by atoms with Crippen LogP contribution in [0, 0.1) is 0 Å². The summed E-state index contributed by atoms with van der Waals surface area (Å²) in [5.41, 5.74) is 1.90. The molecule has 3 rings (SSSR count). The fraction of sp³-hybridized carbons (Fsp3) is 0.312. The molecule has 0 bridgehead atoms. The number of carbonyl (C=O) groups is 1. The summed E-state index contributed by atoms with van der Waals surface area (Å²) in [7, 11) is 0. The van der Waals surface area contributed by atoms with Gasteiger partial charge >= 0.3 is 5.97 Å². The molecule has 0 radical (unpaired) electrons. The third kappa shape index (κ3) is 3.40. The standard InChI is InChI=1S/C16H18N4O2/c21-16(22)12-19-8-10-20(11-9-19)15-7-6-14(17-18-15)13-4-2-1-3-5-13/h1-7H,8-12H2,(H,21,22). The zero-order valence-electron chi connectivity index (χ0n) is 12.2. The Kier molecular flexibility index (Phi) is 4.29. The topological polar surface area (TPSA) is 69.6 Å². The van der Waals surface area contributed by atoms with Gasteiger partial charge in [-0.1, -0.05) is 30.3 Å². The van der Waals surface area contributed by atoms with E-state index in [1.54, 1.807) is 0 Å². The quantitative estimate of drug-likeness (QED) is 0.919. The Balaban J connectivity index is 1.63. The Morgan fingerprint density at radius 3 is 2.32 bits per heavy atom. The number of anilines is 1. The molecule has 0 spiro atoms. The van der Waals surface area contributed by atoms with Gasteiger partial charge in [-0.15, -0.1) is 10.2 Å². The Morgan fingerprint density at radius 2 is 1.73 bits per heavy atom. The van der Waals surface area contributed by atoms with Gasteiger partial charge < -0.3 is 10.0 Å². The Hall–Kier alpha value is -2.47. The van der Waals surface area contributed by atoms with Gasteiger partial charge in [0.05, 0.1) is 12.2 Å². The van der Waals surface area contributed by atoms with Crippen molar-refractivity contribution in [1.82, 2.24) is 15.1 Å². The van der Waals surface area contributed by atoms with Gasteiger partial charge in [0.1, 0.15) is 0 Å². The van der Waals surface area contributed by atoms with Gasteiger partial charge in [0.2, 0.25) is 0 Å². The Morgan fingerprint density at radius 1 is 1.00 bits per heavy atom. The van der Waals surface area contributed by atoms with Crippen molar-refractivity contribution in [3.05, 3.63) is 42.5 Å². The van der Waals surface area contributed by atoms with Crippen LogP contribution in [-0.2, 0) is 4.79 Å². The molecule has 1 aromatic carbocycles. The molecular formula is C16H18N4O2. The number of benzene rings is 1. The summed E-state index contributed by atoms with van der Waals surface area (Å²) in [5, 5.41) is 17.4. The first kappa shape index (κ1) is 14.5. The number of carboxylic acids is 1. The summed E-state index contributed by atoms with van der Waals surface area (Å²) in [6.45, 7) is 3.11. The molecule has 114 valence electrons. The predicted molar refractivity (Wildman–Crippen MR) is 83.8 cm³/mol. The molecule has 2 aromatic rings. The highest BCUT2D eigenvalue weighted by Crippen LogP contribution is 2.18. The van der Waals surface area contributed by atoms with E-state index in [4.69, 9.17) is 5.11 Å². The first-order chi connectivity index (χ1) is 10.7. The molecule has 1 aromatic heterocycles. The molecule has 22 heavy (non-hydrogen) atoms. The average molecular weight is 298 g/mol. The number of aliphatic carboxylic acids is 1. The summed E-state index contributed by atoms with van der Waals surface area (Å²) in [4.78, 5) is 14.8. The molecule has 1 aliphatic heterocycles. The molecule has 0 atom stereocenters. The van der Waals surface area contributed by atoms with Crippen molar-refractivity contribution in [2.24, 2.45) is 0 Å². The minimum atomic E-state index is -0.777. The monoisotopic (exact) mass is 298 g/mol. The lowest BCUT2D eigenvalue weighted by molar-refractivity contribution is -0.138. The van der Waals surface area contributed by atoms with Gasteiger partial charge in [-0.3, -0.25) is 9.69 Å². The van der Waals surface area contributed by atoms with Crippen LogP contribution in [-0.4, -0.2) is 58.9 Å². The molecule has 1 saturated heterocycles. The van der Waals surface area contributed by atoms with Crippen LogP contribution >= 0.6 is 0 Å². The van der Waals surface area contributed by atoms with Crippen LogP contribution in [0.4, 0.5) is 5.82 Å². The third-order valence-electron chi connectivity index (χ3n) is 3.78. The van der Waals surface area contributed by atoms with Crippen molar-refractivity contribution in [3.63, 3.8) is 0 Å². The number of rotatable bonds is 4. The second-order valence-corrected chi connectivity index (χ2v) is 5.30. The molecule has 1 N–H and O–H groups in total. The lowest BCUT2D eigenvalue weighted by Crippen LogP contribution is -2.48. The first-order valence-corrected chi connectivity index (χ1v) is 7.30. The zero-order valence-corrected chi connectivity index (χ0v) is 12.2. The van der Waals surface area contributed by atoms with E-state index in [-0.39, 0.29) is 6.54 Å². The van der Waals surface area contributed by atoms with E-state index in [1.807, 2.05) is 47.4 Å². The van der Waals surface area contributed by atoms with Crippen molar-refractivity contribution in [2.75, 3.05) is 37.6 Å². The fourth-order valence-corrected chi connectivity index (χ4v) is 2.58. The molecule has 6 heteroatoms. The van der Waals surface area contributed by atoms with E-state index < -0.39 is 5.97 Å². The summed E-state index contributed by atoms with van der Waals surface area (Å²) in [6.07, 6.45) is 0. The second kappa shape index (κ2) is 6.53. The van der Waals surface area contributed by atoms with Crippen LogP contribution in [0.25, 0.3) is 11.3 Å². The normalized spacial score (nSPS) is 15.7. The van der Waals surface area contributed by atoms with E-state index in [0.29, 0.717) is 0 Å². The maximum atomic E-state index is 10.7. The number of nitrogens with zero attached hydrogens (tertiary/aromatic N) is 4. The smallest absolute Gasteiger partial charge is 0.317 e. The van der Waals surface area contributed by atoms with Crippen LogP contribution in [0.15, 0.2) is 42.5 Å². The van der Waals surface area contributed by atoms with Crippen molar-refractivity contribution >= 4 is 11.8 Å². The molecular weight excluding hydrogens is 280 g/mol. The van der Waals surface area contributed by atoms with Crippen LogP contribution in [0.5, 0.6) is 0 Å². The van der Waals surface area contributed by atoms with Gasteiger partial charge in [0, 0.05) is 31.7 Å². The molecule has 6 nitrogen and oxygen atoms in total. The predicted octanol–water partition coefficient (Wildman–Crippen LogP) is 1.35. The highest BCUT2D eigenvalue weighted by Gasteiger charge is 2.19. The average Bonchev–Trinajstić information content (AvgIpc) is 2.56. The minimum absolute atomic E-state index is 0.104. The molecule has 1 aliphatic rings. The largest absolute Gasteiger partial charge is 0.480 e. The molecule has 0 amide bonds. The molecule has 0 saturated carbocycles. The van der Waals surface area contributed by atoms with Gasteiger partial charge in [-0.2, -0.15) is 0 Å². The van der Waals surface area contributed by atoms with E-state index >= 15 is 0 Å². The van der Waals surface area contributed by atoms with Gasteiger partial charge in [-0.05, 0) is 12.1 Å². The maximum Gasteiger partial charge on any atom is 0.317 e. The number of carboxylic acid groups (broad SMARTS) is 1. The number of aromatic nitrogens is 2. The lowest BCUT2D eigenvalue weighted by atomic mass is 10.1. The van der Waals surface area contributed by atoms with Gasteiger partial charge in [-0.25, -0.2) is 0 Å². The summed E-state index contributed by atoms with van der Waals surface area (Å²) < 4.78 is 0.